The van der Waals surface area contributed by atoms with E-state index in [1.165, 1.54) is 50.6 Å². The number of benzene rings is 2. The second kappa shape index (κ2) is 8.48. The third kappa shape index (κ3) is 4.60. The Hall–Kier alpha value is -2.87. The highest BCUT2D eigenvalue weighted by Crippen LogP contribution is 2.30. The molecule has 2 amide bonds. The molecule has 0 spiro atoms. The van der Waals surface area contributed by atoms with E-state index in [2.05, 4.69) is 15.4 Å². The molecule has 0 aliphatic carbocycles. The van der Waals surface area contributed by atoms with Gasteiger partial charge in [0, 0.05) is 18.2 Å². The van der Waals surface area contributed by atoms with Crippen molar-refractivity contribution in [2.75, 3.05) is 19.5 Å². The van der Waals surface area contributed by atoms with Crippen LogP contribution in [0.3, 0.4) is 0 Å². The molecule has 0 heterocycles. The predicted octanol–water partition coefficient (Wildman–Crippen LogP) is 3.56. The van der Waals surface area contributed by atoms with Gasteiger partial charge in [-0.15, -0.1) is 0 Å². The Morgan fingerprint density at radius 1 is 1.04 bits per heavy atom. The number of hydrogen-bond donors (Lipinski definition) is 2. The SMILES string of the molecule is CNC(=O)c1ccc(Cl)c(NC(=O)c2ccc(OC(F)F)c(OC)c2)c1. The third-order valence-electron chi connectivity index (χ3n) is 3.35. The highest BCUT2D eigenvalue weighted by molar-refractivity contribution is 6.34. The first kappa shape index (κ1) is 19.5. The van der Waals surface area contributed by atoms with Crippen molar-refractivity contribution in [3.05, 3.63) is 52.5 Å². The van der Waals surface area contributed by atoms with Gasteiger partial charge in [0.25, 0.3) is 11.8 Å². The van der Waals surface area contributed by atoms with Gasteiger partial charge in [0.1, 0.15) is 0 Å². The van der Waals surface area contributed by atoms with Gasteiger partial charge in [-0.05, 0) is 36.4 Å². The first-order chi connectivity index (χ1) is 12.3. The molecule has 138 valence electrons. The fourth-order valence-corrected chi connectivity index (χ4v) is 2.27. The molecule has 0 aromatic heterocycles. The summed E-state index contributed by atoms with van der Waals surface area (Å²) in [7, 11) is 2.74. The highest BCUT2D eigenvalue weighted by Gasteiger charge is 2.16. The van der Waals surface area contributed by atoms with Crippen LogP contribution in [0.25, 0.3) is 0 Å². The van der Waals surface area contributed by atoms with Crippen LogP contribution < -0.4 is 20.1 Å². The summed E-state index contributed by atoms with van der Waals surface area (Å²) in [6, 6.07) is 8.15. The lowest BCUT2D eigenvalue weighted by Crippen LogP contribution is -2.18. The van der Waals surface area contributed by atoms with Gasteiger partial charge < -0.3 is 20.1 Å². The van der Waals surface area contributed by atoms with Crippen molar-refractivity contribution < 1.29 is 27.8 Å². The topological polar surface area (TPSA) is 76.7 Å². The number of carbonyl (C=O) groups excluding carboxylic acids is 2. The molecule has 26 heavy (non-hydrogen) atoms. The molecule has 2 N–H and O–H groups in total. The van der Waals surface area contributed by atoms with Crippen LogP contribution in [-0.4, -0.2) is 32.6 Å². The molecule has 2 aromatic carbocycles. The number of nitrogens with one attached hydrogen (secondary N) is 2. The largest absolute Gasteiger partial charge is 0.493 e. The number of amides is 2. The van der Waals surface area contributed by atoms with Gasteiger partial charge in [0.2, 0.25) is 0 Å². The molecule has 6 nitrogen and oxygen atoms in total. The zero-order valence-corrected chi connectivity index (χ0v) is 14.6. The third-order valence-corrected chi connectivity index (χ3v) is 3.68. The number of carbonyl (C=O) groups is 2. The monoisotopic (exact) mass is 384 g/mol. The maximum atomic E-state index is 12.4. The molecule has 0 bridgehead atoms. The van der Waals surface area contributed by atoms with Crippen molar-refractivity contribution in [1.82, 2.24) is 5.32 Å². The number of hydrogen-bond acceptors (Lipinski definition) is 4. The maximum Gasteiger partial charge on any atom is 0.387 e. The maximum absolute atomic E-state index is 12.4. The number of methoxy groups -OCH3 is 1. The van der Waals surface area contributed by atoms with Crippen molar-refractivity contribution in [2.24, 2.45) is 0 Å². The van der Waals surface area contributed by atoms with E-state index in [0.29, 0.717) is 5.56 Å². The van der Waals surface area contributed by atoms with E-state index < -0.39 is 12.5 Å². The predicted molar refractivity (Wildman–Crippen MR) is 92.4 cm³/mol. The van der Waals surface area contributed by atoms with Crippen LogP contribution in [0.2, 0.25) is 5.02 Å². The van der Waals surface area contributed by atoms with E-state index in [0.717, 1.165) is 0 Å². The van der Waals surface area contributed by atoms with Crippen LogP contribution >= 0.6 is 11.6 Å². The fourth-order valence-electron chi connectivity index (χ4n) is 2.10. The lowest BCUT2D eigenvalue weighted by Gasteiger charge is -2.12. The molecule has 0 atom stereocenters. The molecular formula is C17H15ClF2N2O4. The molecule has 0 saturated heterocycles. The van der Waals surface area contributed by atoms with Gasteiger partial charge >= 0.3 is 6.61 Å². The summed E-state index contributed by atoms with van der Waals surface area (Å²) < 4.78 is 34.0. The zero-order valence-electron chi connectivity index (χ0n) is 13.8. The average Bonchev–Trinajstić information content (AvgIpc) is 2.62. The van der Waals surface area contributed by atoms with Gasteiger partial charge in [0.05, 0.1) is 17.8 Å². The van der Waals surface area contributed by atoms with E-state index in [-0.39, 0.29) is 33.7 Å². The smallest absolute Gasteiger partial charge is 0.387 e. The molecular weight excluding hydrogens is 370 g/mol. The Labute approximate surface area is 153 Å². The Morgan fingerprint density at radius 2 is 1.69 bits per heavy atom. The van der Waals surface area contributed by atoms with E-state index >= 15 is 0 Å². The molecule has 0 aliphatic rings. The Balaban J connectivity index is 2.26. The van der Waals surface area contributed by atoms with Gasteiger partial charge in [-0.3, -0.25) is 9.59 Å². The molecule has 0 fully saturated rings. The minimum absolute atomic E-state index is 0.0249. The minimum Gasteiger partial charge on any atom is -0.493 e. The molecule has 2 rings (SSSR count). The summed E-state index contributed by atoms with van der Waals surface area (Å²) >= 11 is 6.04. The molecule has 0 radical (unpaired) electrons. The van der Waals surface area contributed by atoms with Crippen LogP contribution in [0.15, 0.2) is 36.4 Å². The summed E-state index contributed by atoms with van der Waals surface area (Å²) in [5.74, 6) is -1.13. The van der Waals surface area contributed by atoms with Crippen LogP contribution in [0, 0.1) is 0 Å². The first-order valence-electron chi connectivity index (χ1n) is 7.31. The Kier molecular flexibility index (Phi) is 6.35. The Morgan fingerprint density at radius 3 is 2.31 bits per heavy atom. The van der Waals surface area contributed by atoms with Gasteiger partial charge in [0.15, 0.2) is 11.5 Å². The normalized spacial score (nSPS) is 10.4. The number of halogens is 3. The van der Waals surface area contributed by atoms with E-state index in [4.69, 9.17) is 16.3 Å². The number of ether oxygens (including phenoxy) is 2. The van der Waals surface area contributed by atoms with Crippen LogP contribution in [0.5, 0.6) is 11.5 Å². The van der Waals surface area contributed by atoms with E-state index in [1.807, 2.05) is 0 Å². The minimum atomic E-state index is -3.02. The first-order valence-corrected chi connectivity index (χ1v) is 7.69. The second-order valence-electron chi connectivity index (χ2n) is 4.97. The Bertz CT molecular complexity index is 830. The lowest BCUT2D eigenvalue weighted by molar-refractivity contribution is -0.0512. The van der Waals surface area contributed by atoms with E-state index in [9.17, 15) is 18.4 Å². The summed E-state index contributed by atoms with van der Waals surface area (Å²) in [6.07, 6.45) is 0. The molecule has 0 unspecified atom stereocenters. The van der Waals surface area contributed by atoms with Crippen molar-refractivity contribution in [3.8, 4) is 11.5 Å². The summed E-state index contributed by atoms with van der Waals surface area (Å²) in [5.41, 5.74) is 0.667. The highest BCUT2D eigenvalue weighted by atomic mass is 35.5. The van der Waals surface area contributed by atoms with Crippen molar-refractivity contribution in [3.63, 3.8) is 0 Å². The van der Waals surface area contributed by atoms with E-state index in [1.54, 1.807) is 0 Å². The van der Waals surface area contributed by atoms with Crippen LogP contribution in [-0.2, 0) is 0 Å². The van der Waals surface area contributed by atoms with Crippen molar-refractivity contribution in [1.29, 1.82) is 0 Å². The van der Waals surface area contributed by atoms with Crippen molar-refractivity contribution >= 4 is 29.1 Å². The summed E-state index contributed by atoms with van der Waals surface area (Å²) in [5, 5.41) is 5.26. The fraction of sp³-hybridized carbons (Fsp3) is 0.176. The molecule has 9 heteroatoms. The average molecular weight is 385 g/mol. The molecule has 0 aliphatic heterocycles. The van der Waals surface area contributed by atoms with Crippen molar-refractivity contribution in [2.45, 2.75) is 6.61 Å². The van der Waals surface area contributed by atoms with Crippen LogP contribution in [0.1, 0.15) is 20.7 Å². The number of rotatable bonds is 6. The zero-order chi connectivity index (χ0) is 19.3. The summed E-state index contributed by atoms with van der Waals surface area (Å²) in [6.45, 7) is -3.02. The quantitative estimate of drug-likeness (QED) is 0.798. The number of anilines is 1. The van der Waals surface area contributed by atoms with Gasteiger partial charge in [-0.25, -0.2) is 0 Å². The van der Waals surface area contributed by atoms with Crippen LogP contribution in [0.4, 0.5) is 14.5 Å². The number of alkyl halides is 2. The second-order valence-corrected chi connectivity index (χ2v) is 5.38. The van der Waals surface area contributed by atoms with Gasteiger partial charge in [-0.1, -0.05) is 11.6 Å². The van der Waals surface area contributed by atoms with Gasteiger partial charge in [-0.2, -0.15) is 8.78 Å². The summed E-state index contributed by atoms with van der Waals surface area (Å²) in [4.78, 5) is 24.1. The molecule has 0 saturated carbocycles. The standard InChI is InChI=1S/C17H15ClF2N2O4/c1-21-15(23)9-3-5-11(18)12(7-9)22-16(24)10-4-6-13(26-17(19)20)14(8-10)25-2/h3-8,17H,1-2H3,(H,21,23)(H,22,24). The lowest BCUT2D eigenvalue weighted by atomic mass is 10.1. The molecule has 2 aromatic rings.